The van der Waals surface area contributed by atoms with E-state index in [9.17, 15) is 4.79 Å². The van der Waals surface area contributed by atoms with Crippen molar-refractivity contribution >= 4 is 11.7 Å². The zero-order chi connectivity index (χ0) is 14.6. The predicted molar refractivity (Wildman–Crippen MR) is 79.7 cm³/mol. The van der Waals surface area contributed by atoms with Crippen molar-refractivity contribution in [3.8, 4) is 0 Å². The van der Waals surface area contributed by atoms with Crippen LogP contribution in [0, 0.1) is 0 Å². The lowest BCUT2D eigenvalue weighted by atomic mass is 10.1. The van der Waals surface area contributed by atoms with Crippen molar-refractivity contribution in [2.75, 3.05) is 11.9 Å². The third-order valence-corrected chi connectivity index (χ3v) is 3.31. The van der Waals surface area contributed by atoms with Crippen LogP contribution in [0.3, 0.4) is 0 Å². The number of carbonyl (C=O) groups excluding carboxylic acids is 1. The van der Waals surface area contributed by atoms with E-state index in [0.29, 0.717) is 0 Å². The van der Waals surface area contributed by atoms with Crippen LogP contribution >= 0.6 is 0 Å². The molecule has 1 amide bonds. The molecule has 0 spiro atoms. The van der Waals surface area contributed by atoms with Gasteiger partial charge in [-0.25, -0.2) is 9.97 Å². The van der Waals surface area contributed by atoms with Crippen molar-refractivity contribution in [2.45, 2.75) is 58.4 Å². The average molecular weight is 276 g/mol. The Labute approximate surface area is 120 Å². The third-order valence-electron chi connectivity index (χ3n) is 3.31. The molecule has 0 saturated heterocycles. The second-order valence-corrected chi connectivity index (χ2v) is 6.36. The van der Waals surface area contributed by atoms with Gasteiger partial charge in [0.15, 0.2) is 0 Å². The number of fused-ring (bicyclic) bond motifs is 1. The lowest BCUT2D eigenvalue weighted by Gasteiger charge is -2.21. The number of carbonyl (C=O) groups is 1. The van der Waals surface area contributed by atoms with Crippen LogP contribution in [0.5, 0.6) is 0 Å². The van der Waals surface area contributed by atoms with Crippen molar-refractivity contribution in [1.82, 2.24) is 15.3 Å². The van der Waals surface area contributed by atoms with E-state index < -0.39 is 0 Å². The summed E-state index contributed by atoms with van der Waals surface area (Å²) in [5.74, 6) is 0.805. The van der Waals surface area contributed by atoms with Gasteiger partial charge in [-0.15, -0.1) is 0 Å². The summed E-state index contributed by atoms with van der Waals surface area (Å²) < 4.78 is 0. The Morgan fingerprint density at radius 1 is 1.20 bits per heavy atom. The molecule has 2 rings (SSSR count). The zero-order valence-corrected chi connectivity index (χ0v) is 12.6. The summed E-state index contributed by atoms with van der Waals surface area (Å²) in [5.41, 5.74) is 2.12. The fourth-order valence-electron chi connectivity index (χ4n) is 2.48. The topological polar surface area (TPSA) is 66.9 Å². The Kier molecular flexibility index (Phi) is 4.57. The molecule has 1 heterocycles. The Morgan fingerprint density at radius 2 is 1.95 bits per heavy atom. The van der Waals surface area contributed by atoms with Crippen LogP contribution in [0.4, 0.5) is 5.82 Å². The molecule has 0 radical (unpaired) electrons. The highest BCUT2D eigenvalue weighted by Crippen LogP contribution is 2.23. The smallest absolute Gasteiger partial charge is 0.239 e. The molecule has 0 atom stereocenters. The van der Waals surface area contributed by atoms with Crippen molar-refractivity contribution in [3.05, 3.63) is 17.6 Å². The second kappa shape index (κ2) is 6.20. The largest absolute Gasteiger partial charge is 0.361 e. The van der Waals surface area contributed by atoms with Gasteiger partial charge in [-0.05, 0) is 46.5 Å². The van der Waals surface area contributed by atoms with Crippen molar-refractivity contribution in [3.63, 3.8) is 0 Å². The molecule has 1 aromatic rings. The van der Waals surface area contributed by atoms with Crippen LogP contribution in [0.1, 0.15) is 51.3 Å². The maximum atomic E-state index is 11.9. The Hall–Kier alpha value is -1.65. The first kappa shape index (κ1) is 14.8. The first-order valence-electron chi connectivity index (χ1n) is 7.33. The fourth-order valence-corrected chi connectivity index (χ4v) is 2.48. The Bertz CT molecular complexity index is 479. The Balaban J connectivity index is 2.01. The molecule has 0 saturated carbocycles. The highest BCUT2D eigenvalue weighted by molar-refractivity contribution is 5.81. The molecule has 1 aromatic heterocycles. The first-order chi connectivity index (χ1) is 9.46. The molecule has 0 aromatic carbocycles. The minimum Gasteiger partial charge on any atom is -0.361 e. The van der Waals surface area contributed by atoms with Gasteiger partial charge >= 0.3 is 0 Å². The number of amides is 1. The molecule has 0 bridgehead atoms. The number of rotatable bonds is 3. The molecule has 5 nitrogen and oxygen atoms in total. The number of anilines is 1. The molecule has 110 valence electrons. The van der Waals surface area contributed by atoms with Crippen LogP contribution in [0.15, 0.2) is 6.33 Å². The minimum atomic E-state index is -0.207. The van der Waals surface area contributed by atoms with Crippen molar-refractivity contribution < 1.29 is 4.79 Å². The van der Waals surface area contributed by atoms with Gasteiger partial charge in [0, 0.05) is 16.8 Å². The van der Waals surface area contributed by atoms with Gasteiger partial charge in [0.1, 0.15) is 12.1 Å². The summed E-state index contributed by atoms with van der Waals surface area (Å²) in [6.45, 7) is 6.17. The summed E-state index contributed by atoms with van der Waals surface area (Å²) in [6.07, 6.45) is 7.20. The quantitative estimate of drug-likeness (QED) is 0.829. The maximum absolute atomic E-state index is 11.9. The van der Waals surface area contributed by atoms with Crippen molar-refractivity contribution in [2.24, 2.45) is 0 Å². The molecule has 20 heavy (non-hydrogen) atoms. The summed E-state index contributed by atoms with van der Waals surface area (Å²) in [5, 5.41) is 6.10. The molecule has 2 N–H and O–H groups in total. The summed E-state index contributed by atoms with van der Waals surface area (Å²) in [4.78, 5) is 20.5. The van der Waals surface area contributed by atoms with Crippen LogP contribution in [-0.4, -0.2) is 28.0 Å². The van der Waals surface area contributed by atoms with Gasteiger partial charge < -0.3 is 10.6 Å². The van der Waals surface area contributed by atoms with E-state index >= 15 is 0 Å². The van der Waals surface area contributed by atoms with Crippen LogP contribution in [-0.2, 0) is 17.6 Å². The van der Waals surface area contributed by atoms with E-state index in [4.69, 9.17) is 0 Å². The normalized spacial score (nSPS) is 15.2. The molecule has 0 fully saturated rings. The molecule has 0 aliphatic heterocycles. The van der Waals surface area contributed by atoms with Gasteiger partial charge in [-0.1, -0.05) is 6.42 Å². The van der Waals surface area contributed by atoms with Gasteiger partial charge in [0.25, 0.3) is 0 Å². The van der Waals surface area contributed by atoms with E-state index in [1.807, 2.05) is 20.8 Å². The van der Waals surface area contributed by atoms with Gasteiger partial charge in [-0.3, -0.25) is 4.79 Å². The van der Waals surface area contributed by atoms with Gasteiger partial charge in [0.05, 0.1) is 6.54 Å². The number of hydrogen-bond acceptors (Lipinski definition) is 4. The number of nitrogens with one attached hydrogen (secondary N) is 2. The highest BCUT2D eigenvalue weighted by atomic mass is 16.2. The van der Waals surface area contributed by atoms with Crippen LogP contribution < -0.4 is 10.6 Å². The zero-order valence-electron chi connectivity index (χ0n) is 12.6. The summed E-state index contributed by atoms with van der Waals surface area (Å²) in [6, 6.07) is 0. The van der Waals surface area contributed by atoms with Gasteiger partial charge in [-0.2, -0.15) is 0 Å². The minimum absolute atomic E-state index is 0.0153. The predicted octanol–water partition coefficient (Wildman–Crippen LogP) is 2.07. The lowest BCUT2D eigenvalue weighted by molar-refractivity contribution is -0.120. The van der Waals surface area contributed by atoms with E-state index in [2.05, 4.69) is 20.6 Å². The maximum Gasteiger partial charge on any atom is 0.239 e. The van der Waals surface area contributed by atoms with E-state index in [-0.39, 0.29) is 18.0 Å². The molecule has 0 unspecified atom stereocenters. The Morgan fingerprint density at radius 3 is 2.70 bits per heavy atom. The molecule has 1 aliphatic carbocycles. The molecule has 1 aliphatic rings. The second-order valence-electron chi connectivity index (χ2n) is 6.36. The lowest BCUT2D eigenvalue weighted by Crippen LogP contribution is -2.43. The molecule has 5 heteroatoms. The van der Waals surface area contributed by atoms with Crippen molar-refractivity contribution in [1.29, 1.82) is 0 Å². The number of hydrogen-bond donors (Lipinski definition) is 2. The van der Waals surface area contributed by atoms with Crippen LogP contribution in [0.2, 0.25) is 0 Å². The average Bonchev–Trinajstić information content (AvgIpc) is 2.59. The number of aryl methyl sites for hydroxylation is 1. The number of nitrogens with zero attached hydrogens (tertiary/aromatic N) is 2. The summed E-state index contributed by atoms with van der Waals surface area (Å²) >= 11 is 0. The molecular weight excluding hydrogens is 252 g/mol. The highest BCUT2D eigenvalue weighted by Gasteiger charge is 2.16. The number of aromatic nitrogens is 2. The first-order valence-corrected chi connectivity index (χ1v) is 7.33. The standard InChI is InChI=1S/C15H24N4O/c1-15(2,3)19-13(20)9-16-14-11-7-5-4-6-8-12(11)17-10-18-14/h10H,4-9H2,1-3H3,(H,19,20)(H,16,17,18). The van der Waals surface area contributed by atoms with E-state index in [1.54, 1.807) is 6.33 Å². The van der Waals surface area contributed by atoms with Crippen LogP contribution in [0.25, 0.3) is 0 Å². The van der Waals surface area contributed by atoms with Gasteiger partial charge in [0.2, 0.25) is 5.91 Å². The summed E-state index contributed by atoms with van der Waals surface area (Å²) in [7, 11) is 0. The third kappa shape index (κ3) is 4.18. The van der Waals surface area contributed by atoms with E-state index in [0.717, 1.165) is 24.4 Å². The monoisotopic (exact) mass is 276 g/mol. The van der Waals surface area contributed by atoms with E-state index in [1.165, 1.54) is 24.8 Å². The SMILES string of the molecule is CC(C)(C)NC(=O)CNc1ncnc2c1CCCCC2. The fraction of sp³-hybridized carbons (Fsp3) is 0.667. The molecular formula is C15H24N4O.